The van der Waals surface area contributed by atoms with E-state index >= 15 is 0 Å². The monoisotopic (exact) mass is 214 g/mol. The second-order valence-corrected chi connectivity index (χ2v) is 4.33. The number of pyridine rings is 1. The van der Waals surface area contributed by atoms with E-state index in [-0.39, 0.29) is 0 Å². The Labute approximate surface area is 85.9 Å². The Morgan fingerprint density at radius 2 is 2.43 bits per heavy atom. The molecule has 0 fully saturated rings. The molecule has 0 aromatic carbocycles. The predicted molar refractivity (Wildman–Crippen MR) is 56.6 cm³/mol. The number of hydrogen-bond acceptors (Lipinski definition) is 4. The van der Waals surface area contributed by atoms with E-state index in [9.17, 15) is 4.21 Å². The molecule has 0 radical (unpaired) electrons. The Balaban J connectivity index is 2.70. The SMILES string of the molecule is COc1ncccc1CS(=O)CCN. The second-order valence-electron chi connectivity index (χ2n) is 2.75. The number of nitrogens with zero attached hydrogens (tertiary/aromatic N) is 1. The molecule has 1 heterocycles. The first-order valence-corrected chi connectivity index (χ1v) is 5.79. The fraction of sp³-hybridized carbons (Fsp3) is 0.444. The zero-order valence-corrected chi connectivity index (χ0v) is 8.92. The number of ether oxygens (including phenoxy) is 1. The number of methoxy groups -OCH3 is 1. The summed E-state index contributed by atoms with van der Waals surface area (Å²) in [5.41, 5.74) is 6.18. The first kappa shape index (κ1) is 11.1. The number of aromatic nitrogens is 1. The van der Waals surface area contributed by atoms with Crippen LogP contribution >= 0.6 is 0 Å². The van der Waals surface area contributed by atoms with Crippen molar-refractivity contribution in [1.29, 1.82) is 0 Å². The van der Waals surface area contributed by atoms with Gasteiger partial charge in [0.2, 0.25) is 5.88 Å². The molecule has 14 heavy (non-hydrogen) atoms. The van der Waals surface area contributed by atoms with E-state index in [4.69, 9.17) is 10.5 Å². The molecule has 0 saturated carbocycles. The lowest BCUT2D eigenvalue weighted by atomic mass is 10.3. The molecule has 0 aliphatic carbocycles. The van der Waals surface area contributed by atoms with Crippen molar-refractivity contribution in [3.05, 3.63) is 23.9 Å². The highest BCUT2D eigenvalue weighted by Gasteiger charge is 2.06. The van der Waals surface area contributed by atoms with E-state index in [1.165, 1.54) is 0 Å². The molecule has 0 saturated heterocycles. The molecule has 5 heteroatoms. The van der Waals surface area contributed by atoms with Gasteiger partial charge in [-0.3, -0.25) is 4.21 Å². The average Bonchev–Trinajstić information content (AvgIpc) is 2.19. The van der Waals surface area contributed by atoms with Gasteiger partial charge in [-0.2, -0.15) is 0 Å². The predicted octanol–water partition coefficient (Wildman–Crippen LogP) is 0.298. The Hall–Kier alpha value is -0.940. The van der Waals surface area contributed by atoms with Crippen LogP contribution in [0.4, 0.5) is 0 Å². The summed E-state index contributed by atoms with van der Waals surface area (Å²) in [6, 6.07) is 3.66. The molecule has 1 aromatic rings. The van der Waals surface area contributed by atoms with Crippen molar-refractivity contribution in [2.75, 3.05) is 19.4 Å². The maximum Gasteiger partial charge on any atom is 0.217 e. The number of rotatable bonds is 5. The van der Waals surface area contributed by atoms with Gasteiger partial charge in [0.15, 0.2) is 0 Å². The smallest absolute Gasteiger partial charge is 0.217 e. The highest BCUT2D eigenvalue weighted by Crippen LogP contribution is 2.15. The quantitative estimate of drug-likeness (QED) is 0.765. The van der Waals surface area contributed by atoms with Gasteiger partial charge in [0.05, 0.1) is 12.9 Å². The van der Waals surface area contributed by atoms with Gasteiger partial charge in [0.25, 0.3) is 0 Å². The minimum Gasteiger partial charge on any atom is -0.481 e. The molecule has 1 unspecified atom stereocenters. The van der Waals surface area contributed by atoms with Crippen LogP contribution in [-0.4, -0.2) is 28.6 Å². The van der Waals surface area contributed by atoms with Crippen molar-refractivity contribution < 1.29 is 8.95 Å². The van der Waals surface area contributed by atoms with E-state index in [1.54, 1.807) is 19.4 Å². The topological polar surface area (TPSA) is 65.2 Å². The van der Waals surface area contributed by atoms with Crippen LogP contribution in [0.25, 0.3) is 0 Å². The molecule has 2 N–H and O–H groups in total. The lowest BCUT2D eigenvalue weighted by Crippen LogP contribution is -2.12. The molecule has 1 rings (SSSR count). The van der Waals surface area contributed by atoms with E-state index in [0.717, 1.165) is 5.56 Å². The summed E-state index contributed by atoms with van der Waals surface area (Å²) < 4.78 is 16.5. The Morgan fingerprint density at radius 3 is 3.07 bits per heavy atom. The first-order valence-electron chi connectivity index (χ1n) is 4.31. The largest absolute Gasteiger partial charge is 0.481 e. The third-order valence-electron chi connectivity index (χ3n) is 1.71. The normalized spacial score (nSPS) is 12.4. The Kier molecular flexibility index (Phi) is 4.55. The second kappa shape index (κ2) is 5.72. The summed E-state index contributed by atoms with van der Waals surface area (Å²) >= 11 is 0. The van der Waals surface area contributed by atoms with Gasteiger partial charge in [-0.15, -0.1) is 0 Å². The highest BCUT2D eigenvalue weighted by atomic mass is 32.2. The van der Waals surface area contributed by atoms with Crippen LogP contribution in [0.3, 0.4) is 0 Å². The van der Waals surface area contributed by atoms with Gasteiger partial charge >= 0.3 is 0 Å². The Morgan fingerprint density at radius 1 is 1.64 bits per heavy atom. The maximum atomic E-state index is 11.4. The van der Waals surface area contributed by atoms with Crippen LogP contribution in [0.1, 0.15) is 5.56 Å². The van der Waals surface area contributed by atoms with Crippen molar-refractivity contribution in [3.63, 3.8) is 0 Å². The van der Waals surface area contributed by atoms with Gasteiger partial charge < -0.3 is 10.5 Å². The van der Waals surface area contributed by atoms with Crippen LogP contribution < -0.4 is 10.5 Å². The van der Waals surface area contributed by atoms with Crippen molar-refractivity contribution in [2.24, 2.45) is 5.73 Å². The van der Waals surface area contributed by atoms with Gasteiger partial charge in [0.1, 0.15) is 0 Å². The van der Waals surface area contributed by atoms with Gasteiger partial charge in [-0.05, 0) is 6.07 Å². The minimum absolute atomic E-state index is 0.440. The fourth-order valence-electron chi connectivity index (χ4n) is 1.09. The zero-order chi connectivity index (χ0) is 10.4. The summed E-state index contributed by atoms with van der Waals surface area (Å²) in [5.74, 6) is 1.50. The molecule has 0 amide bonds. The van der Waals surface area contributed by atoms with Crippen molar-refractivity contribution in [2.45, 2.75) is 5.75 Å². The molecular formula is C9H14N2O2S. The van der Waals surface area contributed by atoms with Gasteiger partial charge in [-0.25, -0.2) is 4.98 Å². The molecule has 0 aliphatic rings. The van der Waals surface area contributed by atoms with E-state index < -0.39 is 10.8 Å². The molecule has 78 valence electrons. The molecule has 0 bridgehead atoms. The zero-order valence-electron chi connectivity index (χ0n) is 8.10. The van der Waals surface area contributed by atoms with Crippen LogP contribution in [0.15, 0.2) is 18.3 Å². The average molecular weight is 214 g/mol. The lowest BCUT2D eigenvalue weighted by molar-refractivity contribution is 0.394. The van der Waals surface area contributed by atoms with Gasteiger partial charge in [-0.1, -0.05) is 6.07 Å². The van der Waals surface area contributed by atoms with Crippen LogP contribution in [-0.2, 0) is 16.6 Å². The number of nitrogens with two attached hydrogens (primary N) is 1. The summed E-state index contributed by atoms with van der Waals surface area (Å²) in [7, 11) is 0.625. The summed E-state index contributed by atoms with van der Waals surface area (Å²) in [5, 5.41) is 0. The molecular weight excluding hydrogens is 200 g/mol. The van der Waals surface area contributed by atoms with Crippen molar-refractivity contribution in [1.82, 2.24) is 4.98 Å². The third kappa shape index (κ3) is 3.08. The van der Waals surface area contributed by atoms with Crippen LogP contribution in [0.2, 0.25) is 0 Å². The van der Waals surface area contributed by atoms with E-state index in [0.29, 0.717) is 23.9 Å². The molecule has 4 nitrogen and oxygen atoms in total. The fourth-order valence-corrected chi connectivity index (χ4v) is 2.07. The van der Waals surface area contributed by atoms with Crippen LogP contribution in [0, 0.1) is 0 Å². The number of hydrogen-bond donors (Lipinski definition) is 1. The molecule has 0 aliphatic heterocycles. The summed E-state index contributed by atoms with van der Waals surface area (Å²) in [6.45, 7) is 0.440. The van der Waals surface area contributed by atoms with Gasteiger partial charge in [0, 0.05) is 34.9 Å². The first-order chi connectivity index (χ1) is 6.77. The van der Waals surface area contributed by atoms with E-state index in [2.05, 4.69) is 4.98 Å². The minimum atomic E-state index is -0.928. The third-order valence-corrected chi connectivity index (χ3v) is 3.03. The summed E-state index contributed by atoms with van der Waals surface area (Å²) in [6.07, 6.45) is 1.65. The Bertz CT molecular complexity index is 317. The standard InChI is InChI=1S/C9H14N2O2S/c1-13-9-8(3-2-5-11-9)7-14(12)6-4-10/h2-3,5H,4,6-7,10H2,1H3. The lowest BCUT2D eigenvalue weighted by Gasteiger charge is -2.05. The van der Waals surface area contributed by atoms with Crippen LogP contribution in [0.5, 0.6) is 5.88 Å². The molecule has 1 atom stereocenters. The molecule has 0 spiro atoms. The highest BCUT2D eigenvalue weighted by molar-refractivity contribution is 7.84. The van der Waals surface area contributed by atoms with Crippen molar-refractivity contribution in [3.8, 4) is 5.88 Å². The molecule has 1 aromatic heterocycles. The van der Waals surface area contributed by atoms with E-state index in [1.807, 2.05) is 6.07 Å². The maximum absolute atomic E-state index is 11.4. The summed E-state index contributed by atoms with van der Waals surface area (Å²) in [4.78, 5) is 4.02. The van der Waals surface area contributed by atoms with Crippen molar-refractivity contribution >= 4 is 10.8 Å².